The normalized spacial score (nSPS) is 49.5. The molecule has 0 aromatic carbocycles. The SMILES string of the molecule is CC(=O)N[C@@H]1C(O[C@@H]2C(CO)OC(C(C)C)[C@@H](NC(C)=O)[C@H]2O)OC(CO)[C@@H](OC2OC(COC3OC(COC4OC(CO)[C@@H](O)[C@H](O)[C@H]4O)[C@@H](O)[C@H](OC4O[C@@H](CO)[C@@H](O)[C@H](O)C4O)[C@H]3O)[C@@H](O)[C@H](OC3O[C@@H](CO)[C@@H](O)[C@H](O)C3O)[C@H]2O)[C@@H]1O. The number of rotatable bonds is 22. The Kier molecular flexibility index (Phi) is 25.5. The highest BCUT2D eigenvalue weighted by molar-refractivity contribution is 5.73. The fourth-order valence-electron chi connectivity index (χ4n) is 11.2. The second kappa shape index (κ2) is 30.8. The minimum Gasteiger partial charge on any atom is -0.394 e. The number of carbonyl (C=O) groups is 2. The Balaban J connectivity index is 1.17. The molecule has 37 heteroatoms. The number of hydrogen-bond acceptors (Lipinski definition) is 35. The van der Waals surface area contributed by atoms with E-state index in [2.05, 4.69) is 10.6 Å². The predicted octanol–water partition coefficient (Wildman–Crippen LogP) is -14.3. The zero-order chi connectivity index (χ0) is 63.5. The molecule has 7 aliphatic heterocycles. The van der Waals surface area contributed by atoms with E-state index in [-0.39, 0.29) is 5.92 Å². The molecule has 7 saturated heterocycles. The zero-order valence-electron chi connectivity index (χ0n) is 46.8. The number of nitrogens with one attached hydrogen (secondary N) is 2. The van der Waals surface area contributed by atoms with Crippen LogP contribution in [0.15, 0.2) is 0 Å². The van der Waals surface area contributed by atoms with E-state index < -0.39 is 273 Å². The predicted molar refractivity (Wildman–Crippen MR) is 268 cm³/mol. The summed E-state index contributed by atoms with van der Waals surface area (Å²) in [6.45, 7) is -0.909. The topological polar surface area (TPSA) is 583 Å². The van der Waals surface area contributed by atoms with Crippen molar-refractivity contribution in [1.82, 2.24) is 10.6 Å². The Labute approximate surface area is 489 Å². The van der Waals surface area contributed by atoms with Crippen molar-refractivity contribution < 1.29 is 173 Å². The lowest BCUT2D eigenvalue weighted by atomic mass is 9.87. The molecule has 0 saturated carbocycles. The highest BCUT2D eigenvalue weighted by atomic mass is 16.8. The second-order valence-electron chi connectivity index (χ2n) is 22.4. The summed E-state index contributed by atoms with van der Waals surface area (Å²) in [6.07, 6.45) is -63.0. The lowest BCUT2D eigenvalue weighted by molar-refractivity contribution is -0.387. The molecule has 0 aliphatic carbocycles. The third-order valence-corrected chi connectivity index (χ3v) is 16.0. The van der Waals surface area contributed by atoms with Crippen LogP contribution >= 0.6 is 0 Å². The maximum atomic E-state index is 12.8. The van der Waals surface area contributed by atoms with Gasteiger partial charge in [-0.05, 0) is 5.92 Å². The monoisotopic (exact) mass is 1260 g/mol. The Bertz CT molecular complexity index is 2110. The summed E-state index contributed by atoms with van der Waals surface area (Å²) in [5.74, 6) is -1.73. The molecule has 37 nitrogen and oxygen atoms in total. The Morgan fingerprint density at radius 1 is 0.337 bits per heavy atom. The van der Waals surface area contributed by atoms with Crippen molar-refractivity contribution in [3.8, 4) is 0 Å². The quantitative estimate of drug-likeness (QED) is 0.0479. The summed E-state index contributed by atoms with van der Waals surface area (Å²) in [4.78, 5) is 25.1. The smallest absolute Gasteiger partial charge is 0.217 e. The minimum atomic E-state index is -2.32. The first kappa shape index (κ1) is 71.1. The lowest BCUT2D eigenvalue weighted by Crippen LogP contribution is -2.70. The van der Waals surface area contributed by atoms with E-state index in [4.69, 9.17) is 61.6 Å². The first-order valence-corrected chi connectivity index (χ1v) is 27.9. The third kappa shape index (κ3) is 15.4. The van der Waals surface area contributed by atoms with Gasteiger partial charge in [-0.2, -0.15) is 0 Å². The molecule has 0 aromatic rings. The number of aliphatic hydroxyl groups is 20. The molecule has 0 bridgehead atoms. The van der Waals surface area contributed by atoms with Crippen molar-refractivity contribution in [2.24, 2.45) is 5.92 Å². The van der Waals surface area contributed by atoms with E-state index in [1.807, 2.05) is 0 Å². The number of carbonyl (C=O) groups excluding carboxylic acids is 2. The van der Waals surface area contributed by atoms with Gasteiger partial charge in [0, 0.05) is 13.8 Å². The fourth-order valence-corrected chi connectivity index (χ4v) is 11.2. The zero-order valence-corrected chi connectivity index (χ0v) is 46.8. The molecule has 22 N–H and O–H groups in total. The van der Waals surface area contributed by atoms with Crippen LogP contribution < -0.4 is 10.6 Å². The second-order valence-corrected chi connectivity index (χ2v) is 22.4. The van der Waals surface area contributed by atoms with Crippen LogP contribution in [0.1, 0.15) is 27.7 Å². The number of ether oxygens (including phenoxy) is 13. The molecule has 86 heavy (non-hydrogen) atoms. The fraction of sp³-hybridized carbons (Fsp3) is 0.959. The summed E-state index contributed by atoms with van der Waals surface area (Å²) >= 11 is 0. The minimum absolute atomic E-state index is 0.338. The van der Waals surface area contributed by atoms with E-state index in [9.17, 15) is 112 Å². The van der Waals surface area contributed by atoms with Crippen molar-refractivity contribution >= 4 is 11.8 Å². The Morgan fingerprint density at radius 3 is 1.06 bits per heavy atom. The summed E-state index contributed by atoms with van der Waals surface area (Å²) in [7, 11) is 0. The van der Waals surface area contributed by atoms with Gasteiger partial charge in [-0.3, -0.25) is 9.59 Å². The Morgan fingerprint density at radius 2 is 0.640 bits per heavy atom. The standard InChI is InChI=1S/C49H84N2O35/c1-12(2)39-22(50-13(3)57)29(64)40(18(8-55)76-39)83-44-23(51-14(4)58)30(65)41(19(9-56)80-44)84-49-38(73)43(86-48-36(71)33(68)26(61)17(7-54)79-48)28(63)21(82-49)11-75-46-37(72)42(85-47-35(70)32(67)25(60)16(6-53)78-47)27(62)20(81-46)10-74-45-34(69)31(66)24(59)15(5-52)77-45/h12,15-49,52-56,59-73H,5-11H2,1-4H3,(H,50,57)(H,51,58)/t15?,16-,17-,18?,19?,20?,21?,22-,23-,24+,25+,26+,27+,28+,29+,30+,31-,32-,33-,34+,35?,36?,37+,38+,39?,40+,41+,42-,43-,44?,45?,46?,47?,48?,49?/m0/s1. The lowest BCUT2D eigenvalue weighted by Gasteiger charge is -2.51. The number of aliphatic hydroxyl groups excluding tert-OH is 20. The molecule has 14 unspecified atom stereocenters. The molecule has 0 radical (unpaired) electrons. The van der Waals surface area contributed by atoms with Crippen LogP contribution in [0.5, 0.6) is 0 Å². The van der Waals surface area contributed by atoms with Gasteiger partial charge in [0.15, 0.2) is 37.7 Å². The first-order valence-electron chi connectivity index (χ1n) is 27.9. The molecule has 0 aromatic heterocycles. The average Bonchev–Trinajstić information content (AvgIpc) is 1.26. The molecule has 7 rings (SSSR count). The van der Waals surface area contributed by atoms with Gasteiger partial charge in [0.1, 0.15) is 165 Å². The van der Waals surface area contributed by atoms with Gasteiger partial charge < -0.3 is 174 Å². The summed E-state index contributed by atoms with van der Waals surface area (Å²) in [6, 6.07) is -2.88. The van der Waals surface area contributed by atoms with Gasteiger partial charge >= 0.3 is 0 Å². The van der Waals surface area contributed by atoms with Crippen LogP contribution in [0, 0.1) is 5.92 Å². The third-order valence-electron chi connectivity index (χ3n) is 16.0. The van der Waals surface area contributed by atoms with Gasteiger partial charge in [0.05, 0.1) is 58.4 Å². The molecule has 7 fully saturated rings. The van der Waals surface area contributed by atoms with E-state index in [0.717, 1.165) is 6.92 Å². The van der Waals surface area contributed by atoms with Crippen molar-refractivity contribution in [3.05, 3.63) is 0 Å². The molecule has 2 amide bonds. The summed E-state index contributed by atoms with van der Waals surface area (Å²) in [5, 5.41) is 222. The van der Waals surface area contributed by atoms with Gasteiger partial charge in [0.25, 0.3) is 0 Å². The van der Waals surface area contributed by atoms with Crippen LogP contribution in [0.4, 0.5) is 0 Å². The van der Waals surface area contributed by atoms with E-state index in [1.165, 1.54) is 6.92 Å². The molecule has 35 atom stereocenters. The molecule has 500 valence electrons. The van der Waals surface area contributed by atoms with Gasteiger partial charge in [0.2, 0.25) is 11.8 Å². The number of hydrogen-bond donors (Lipinski definition) is 22. The van der Waals surface area contributed by atoms with E-state index in [1.54, 1.807) is 13.8 Å². The molecule has 7 aliphatic rings. The first-order chi connectivity index (χ1) is 40.6. The summed E-state index contributed by atoms with van der Waals surface area (Å²) < 4.78 is 75.6. The molecule has 7 heterocycles. The van der Waals surface area contributed by atoms with Crippen molar-refractivity contribution in [1.29, 1.82) is 0 Å². The van der Waals surface area contributed by atoms with E-state index >= 15 is 0 Å². The average molecular weight is 1260 g/mol. The largest absolute Gasteiger partial charge is 0.394 e. The highest BCUT2D eigenvalue weighted by Gasteiger charge is 2.58. The van der Waals surface area contributed by atoms with Gasteiger partial charge in [-0.1, -0.05) is 13.8 Å². The maximum absolute atomic E-state index is 12.8. The van der Waals surface area contributed by atoms with Crippen molar-refractivity contribution in [2.75, 3.05) is 46.2 Å². The van der Waals surface area contributed by atoms with E-state index in [0.29, 0.717) is 0 Å². The van der Waals surface area contributed by atoms with Crippen LogP contribution in [-0.2, 0) is 71.2 Å². The van der Waals surface area contributed by atoms with Gasteiger partial charge in [-0.15, -0.1) is 0 Å². The van der Waals surface area contributed by atoms with Crippen molar-refractivity contribution in [3.63, 3.8) is 0 Å². The Hall–Kier alpha value is -2.38. The van der Waals surface area contributed by atoms with Crippen LogP contribution in [-0.4, -0.2) is 375 Å². The van der Waals surface area contributed by atoms with Crippen molar-refractivity contribution in [2.45, 2.75) is 242 Å². The molecule has 0 spiro atoms. The molecular formula is C49H84N2O35. The molecular weight excluding hydrogens is 1180 g/mol. The van der Waals surface area contributed by atoms with Gasteiger partial charge in [-0.25, -0.2) is 0 Å². The van der Waals surface area contributed by atoms with Crippen LogP contribution in [0.2, 0.25) is 0 Å². The van der Waals surface area contributed by atoms with Crippen LogP contribution in [0.25, 0.3) is 0 Å². The van der Waals surface area contributed by atoms with Crippen LogP contribution in [0.3, 0.4) is 0 Å². The summed E-state index contributed by atoms with van der Waals surface area (Å²) in [5.41, 5.74) is 0. The number of amides is 2. The maximum Gasteiger partial charge on any atom is 0.217 e. The highest BCUT2D eigenvalue weighted by Crippen LogP contribution is 2.37.